The second kappa shape index (κ2) is 6.68. The largest absolute Gasteiger partial charge is 0.416 e. The molecule has 110 valence electrons. The van der Waals surface area contributed by atoms with Crippen LogP contribution in [0.2, 0.25) is 0 Å². The van der Waals surface area contributed by atoms with Crippen LogP contribution in [-0.4, -0.2) is 11.6 Å². The van der Waals surface area contributed by atoms with E-state index in [1.54, 1.807) is 6.92 Å². The Morgan fingerprint density at radius 1 is 1.25 bits per heavy atom. The van der Waals surface area contributed by atoms with Crippen LogP contribution >= 0.6 is 0 Å². The Kier molecular flexibility index (Phi) is 5.48. The average molecular weight is 286 g/mol. The van der Waals surface area contributed by atoms with E-state index in [-0.39, 0.29) is 35.9 Å². The van der Waals surface area contributed by atoms with Gasteiger partial charge in [0.2, 0.25) is 0 Å². The summed E-state index contributed by atoms with van der Waals surface area (Å²) >= 11 is 0. The number of carbonyl (C=O) groups is 2. The molecule has 1 rings (SSSR count). The second-order valence-electron chi connectivity index (χ2n) is 4.87. The number of carbonyl (C=O) groups excluding carboxylic acids is 2. The van der Waals surface area contributed by atoms with Gasteiger partial charge in [-0.05, 0) is 18.1 Å². The van der Waals surface area contributed by atoms with Crippen LogP contribution in [0.5, 0.6) is 0 Å². The van der Waals surface area contributed by atoms with E-state index in [1.165, 1.54) is 12.1 Å². The van der Waals surface area contributed by atoms with E-state index in [0.29, 0.717) is 6.42 Å². The highest BCUT2D eigenvalue weighted by Crippen LogP contribution is 2.29. The summed E-state index contributed by atoms with van der Waals surface area (Å²) in [5, 5.41) is 0. The Labute approximate surface area is 116 Å². The van der Waals surface area contributed by atoms with Gasteiger partial charge in [-0.2, -0.15) is 13.2 Å². The number of benzene rings is 1. The van der Waals surface area contributed by atoms with Crippen LogP contribution in [0.1, 0.15) is 37.8 Å². The smallest absolute Gasteiger partial charge is 0.299 e. The summed E-state index contributed by atoms with van der Waals surface area (Å²) in [6.07, 6.45) is -4.14. The van der Waals surface area contributed by atoms with Crippen LogP contribution < -0.4 is 0 Å². The fourth-order valence-corrected chi connectivity index (χ4v) is 1.74. The molecular formula is C15H17F3O2. The molecular weight excluding hydrogens is 269 g/mol. The molecule has 0 heterocycles. The second-order valence-corrected chi connectivity index (χ2v) is 4.87. The molecule has 0 aliphatic heterocycles. The zero-order chi connectivity index (χ0) is 15.3. The molecule has 0 spiro atoms. The van der Waals surface area contributed by atoms with Gasteiger partial charge in [-0.1, -0.05) is 32.0 Å². The Morgan fingerprint density at radius 3 is 2.45 bits per heavy atom. The molecule has 0 aliphatic carbocycles. The molecule has 20 heavy (non-hydrogen) atoms. The molecule has 0 aliphatic rings. The predicted octanol–water partition coefficient (Wildman–Crippen LogP) is 3.82. The van der Waals surface area contributed by atoms with Crippen molar-refractivity contribution in [2.75, 3.05) is 0 Å². The predicted molar refractivity (Wildman–Crippen MR) is 69.2 cm³/mol. The van der Waals surface area contributed by atoms with Crippen LogP contribution in [0.4, 0.5) is 13.2 Å². The number of halogens is 3. The van der Waals surface area contributed by atoms with Crippen molar-refractivity contribution in [1.29, 1.82) is 0 Å². The SMILES string of the molecule is CCC(C)C(=O)CC(=O)Cc1cccc(C(F)(F)F)c1. The molecule has 1 aromatic rings. The fraction of sp³-hybridized carbons (Fsp3) is 0.467. The first-order valence-corrected chi connectivity index (χ1v) is 6.44. The van der Waals surface area contributed by atoms with Crippen molar-refractivity contribution in [3.8, 4) is 0 Å². The number of alkyl halides is 3. The minimum atomic E-state index is -4.42. The summed E-state index contributed by atoms with van der Waals surface area (Å²) in [6, 6.07) is 4.63. The van der Waals surface area contributed by atoms with Gasteiger partial charge in [-0.25, -0.2) is 0 Å². The maximum Gasteiger partial charge on any atom is 0.416 e. The van der Waals surface area contributed by atoms with Crippen molar-refractivity contribution in [3.63, 3.8) is 0 Å². The third kappa shape index (κ3) is 4.79. The molecule has 1 atom stereocenters. The van der Waals surface area contributed by atoms with Gasteiger partial charge >= 0.3 is 6.18 Å². The standard InChI is InChI=1S/C15H17F3O2/c1-3-10(2)14(20)9-13(19)8-11-5-4-6-12(7-11)15(16,17)18/h4-7,10H,3,8-9H2,1-2H3. The van der Waals surface area contributed by atoms with Crippen molar-refractivity contribution in [1.82, 2.24) is 0 Å². The van der Waals surface area contributed by atoms with Gasteiger partial charge in [0.15, 0.2) is 0 Å². The van der Waals surface area contributed by atoms with Crippen LogP contribution in [0.25, 0.3) is 0 Å². The summed E-state index contributed by atoms with van der Waals surface area (Å²) < 4.78 is 37.6. The van der Waals surface area contributed by atoms with Crippen molar-refractivity contribution in [3.05, 3.63) is 35.4 Å². The van der Waals surface area contributed by atoms with Gasteiger partial charge in [-0.15, -0.1) is 0 Å². The number of hydrogen-bond donors (Lipinski definition) is 0. The first-order valence-electron chi connectivity index (χ1n) is 6.44. The number of hydrogen-bond acceptors (Lipinski definition) is 2. The highest BCUT2D eigenvalue weighted by molar-refractivity contribution is 6.00. The van der Waals surface area contributed by atoms with Gasteiger partial charge in [0.1, 0.15) is 11.6 Å². The Bertz CT molecular complexity index is 492. The highest BCUT2D eigenvalue weighted by atomic mass is 19.4. The lowest BCUT2D eigenvalue weighted by atomic mass is 9.96. The first-order chi connectivity index (χ1) is 9.24. The Morgan fingerprint density at radius 2 is 1.90 bits per heavy atom. The topological polar surface area (TPSA) is 34.1 Å². The van der Waals surface area contributed by atoms with Crippen molar-refractivity contribution < 1.29 is 22.8 Å². The molecule has 0 saturated heterocycles. The lowest BCUT2D eigenvalue weighted by Crippen LogP contribution is -2.16. The summed E-state index contributed by atoms with van der Waals surface area (Å²) in [7, 11) is 0. The van der Waals surface area contributed by atoms with Crippen LogP contribution in [-0.2, 0) is 22.2 Å². The van der Waals surface area contributed by atoms with E-state index in [9.17, 15) is 22.8 Å². The molecule has 0 saturated carbocycles. The quantitative estimate of drug-likeness (QED) is 0.745. The third-order valence-electron chi connectivity index (χ3n) is 3.19. The van der Waals surface area contributed by atoms with E-state index >= 15 is 0 Å². The van der Waals surface area contributed by atoms with Crippen molar-refractivity contribution in [2.24, 2.45) is 5.92 Å². The van der Waals surface area contributed by atoms with Gasteiger partial charge in [0, 0.05) is 12.3 Å². The fourth-order valence-electron chi connectivity index (χ4n) is 1.74. The van der Waals surface area contributed by atoms with Gasteiger partial charge < -0.3 is 0 Å². The lowest BCUT2D eigenvalue weighted by Gasteiger charge is -2.09. The molecule has 0 bridgehead atoms. The minimum absolute atomic E-state index is 0.147. The average Bonchev–Trinajstić information content (AvgIpc) is 2.36. The number of rotatable bonds is 6. The summed E-state index contributed by atoms with van der Waals surface area (Å²) in [5.41, 5.74) is -0.502. The van der Waals surface area contributed by atoms with Crippen molar-refractivity contribution in [2.45, 2.75) is 39.3 Å². The van der Waals surface area contributed by atoms with Gasteiger partial charge in [0.25, 0.3) is 0 Å². The highest BCUT2D eigenvalue weighted by Gasteiger charge is 2.30. The normalized spacial score (nSPS) is 13.1. The molecule has 0 radical (unpaired) electrons. The minimum Gasteiger partial charge on any atom is -0.299 e. The molecule has 0 fully saturated rings. The zero-order valence-corrected chi connectivity index (χ0v) is 11.5. The van der Waals surface area contributed by atoms with Crippen LogP contribution in [0, 0.1) is 5.92 Å². The van der Waals surface area contributed by atoms with E-state index < -0.39 is 11.7 Å². The van der Waals surface area contributed by atoms with Gasteiger partial charge in [-0.3, -0.25) is 9.59 Å². The van der Waals surface area contributed by atoms with E-state index in [4.69, 9.17) is 0 Å². The zero-order valence-electron chi connectivity index (χ0n) is 11.5. The molecule has 2 nitrogen and oxygen atoms in total. The first kappa shape index (κ1) is 16.4. The molecule has 1 unspecified atom stereocenters. The van der Waals surface area contributed by atoms with E-state index in [0.717, 1.165) is 12.1 Å². The summed E-state index contributed by atoms with van der Waals surface area (Å²) in [6.45, 7) is 3.58. The molecule has 0 aromatic heterocycles. The third-order valence-corrected chi connectivity index (χ3v) is 3.19. The maximum atomic E-state index is 12.5. The summed E-state index contributed by atoms with van der Waals surface area (Å²) in [5.74, 6) is -0.709. The van der Waals surface area contributed by atoms with Gasteiger partial charge in [0.05, 0.1) is 12.0 Å². The molecule has 1 aromatic carbocycles. The lowest BCUT2D eigenvalue weighted by molar-refractivity contribution is -0.138. The number of ketones is 2. The van der Waals surface area contributed by atoms with E-state index in [1.807, 2.05) is 6.92 Å². The number of Topliss-reactive ketones (excluding diaryl/α,β-unsaturated/α-hetero) is 2. The molecule has 5 heteroatoms. The Balaban J connectivity index is 2.70. The van der Waals surface area contributed by atoms with Crippen LogP contribution in [0.3, 0.4) is 0 Å². The maximum absolute atomic E-state index is 12.5. The van der Waals surface area contributed by atoms with Crippen molar-refractivity contribution >= 4 is 11.6 Å². The summed E-state index contributed by atoms with van der Waals surface area (Å²) in [4.78, 5) is 23.3. The van der Waals surface area contributed by atoms with E-state index in [2.05, 4.69) is 0 Å². The monoisotopic (exact) mass is 286 g/mol. The van der Waals surface area contributed by atoms with Crippen LogP contribution in [0.15, 0.2) is 24.3 Å². The Hall–Kier alpha value is -1.65. The molecule has 0 amide bonds. The molecule has 0 N–H and O–H groups in total.